The molecule has 0 spiro atoms. The Kier molecular flexibility index (Phi) is 11.6. The Labute approximate surface area is 204 Å². The monoisotopic (exact) mass is 490 g/mol. The number of aromatic nitrogens is 1. The molecule has 0 radical (unpaired) electrons. The van der Waals surface area contributed by atoms with Crippen LogP contribution in [0.4, 0.5) is 0 Å². The van der Waals surface area contributed by atoms with Crippen molar-refractivity contribution in [3.05, 3.63) is 36.0 Å². The van der Waals surface area contributed by atoms with E-state index < -0.39 is 17.9 Å². The number of amides is 1. The maximum absolute atomic E-state index is 13.3. The van der Waals surface area contributed by atoms with Gasteiger partial charge in [-0.15, -0.1) is 0 Å². The van der Waals surface area contributed by atoms with Gasteiger partial charge in [-0.3, -0.25) is 24.2 Å². The molecular weight excluding hydrogens is 456 g/mol. The van der Waals surface area contributed by atoms with Crippen LogP contribution in [0.5, 0.6) is 0 Å². The summed E-state index contributed by atoms with van der Waals surface area (Å²) in [4.78, 5) is 49.9. The number of fused-ring (bicyclic) bond motifs is 1. The summed E-state index contributed by atoms with van der Waals surface area (Å²) >= 11 is 4.17. The molecule has 2 rings (SSSR count). The molecule has 1 aromatic heterocycles. The van der Waals surface area contributed by atoms with Gasteiger partial charge in [0.2, 0.25) is 5.91 Å². The number of H-pyrrole nitrogens is 1. The highest BCUT2D eigenvalue weighted by Gasteiger charge is 2.28. The molecule has 1 heterocycles. The maximum Gasteiger partial charge on any atom is 0.248 e. The van der Waals surface area contributed by atoms with Crippen molar-refractivity contribution < 1.29 is 19.2 Å². The number of thiol groups is 1. The Morgan fingerprint density at radius 1 is 1.15 bits per heavy atom. The maximum atomic E-state index is 13.3. The lowest BCUT2D eigenvalue weighted by Gasteiger charge is -2.21. The van der Waals surface area contributed by atoms with Gasteiger partial charge < -0.3 is 21.8 Å². The van der Waals surface area contributed by atoms with E-state index in [0.29, 0.717) is 38.0 Å². The zero-order chi connectivity index (χ0) is 24.9. The molecule has 186 valence electrons. The second-order valence-electron chi connectivity index (χ2n) is 8.10. The molecule has 10 nitrogen and oxygen atoms in total. The van der Waals surface area contributed by atoms with E-state index >= 15 is 0 Å². The Morgan fingerprint density at radius 2 is 1.91 bits per heavy atom. The van der Waals surface area contributed by atoms with Gasteiger partial charge in [0.1, 0.15) is 12.4 Å². The van der Waals surface area contributed by atoms with Gasteiger partial charge in [-0.2, -0.15) is 12.6 Å². The first-order valence-corrected chi connectivity index (χ1v) is 11.9. The highest BCUT2D eigenvalue weighted by Crippen LogP contribution is 2.22. The molecule has 1 aromatic carbocycles. The number of carbonyl (C=O) groups excluding carboxylic acids is 3. The third-order valence-electron chi connectivity index (χ3n) is 5.53. The quantitative estimate of drug-likeness (QED) is 0.0667. The van der Waals surface area contributed by atoms with Crippen LogP contribution in [0, 0.1) is 5.92 Å². The highest BCUT2D eigenvalue weighted by molar-refractivity contribution is 7.80. The van der Waals surface area contributed by atoms with Gasteiger partial charge in [0.25, 0.3) is 0 Å². The molecule has 2 aromatic rings. The Morgan fingerprint density at radius 3 is 2.62 bits per heavy atom. The first kappa shape index (κ1) is 27.4. The van der Waals surface area contributed by atoms with E-state index in [1.165, 1.54) is 0 Å². The fourth-order valence-electron chi connectivity index (χ4n) is 3.84. The molecule has 0 aliphatic carbocycles. The van der Waals surface area contributed by atoms with Crippen LogP contribution in [0.3, 0.4) is 0 Å². The lowest BCUT2D eigenvalue weighted by Crippen LogP contribution is -2.45. The number of hydrogen-bond donors (Lipinski definition) is 6. The van der Waals surface area contributed by atoms with E-state index in [9.17, 15) is 14.4 Å². The second kappa shape index (κ2) is 14.4. The number of nitrogens with two attached hydrogens (primary N) is 3. The van der Waals surface area contributed by atoms with Crippen molar-refractivity contribution in [2.75, 3.05) is 18.9 Å². The van der Waals surface area contributed by atoms with Crippen molar-refractivity contribution in [2.24, 2.45) is 28.3 Å². The smallest absolute Gasteiger partial charge is 0.248 e. The summed E-state index contributed by atoms with van der Waals surface area (Å²) in [5.74, 6) is 4.35. The number of ketones is 2. The van der Waals surface area contributed by atoms with Crippen LogP contribution in [0.1, 0.15) is 37.7 Å². The predicted molar refractivity (Wildman–Crippen MR) is 135 cm³/mol. The third kappa shape index (κ3) is 8.81. The molecule has 0 aliphatic rings. The van der Waals surface area contributed by atoms with Crippen molar-refractivity contribution in [2.45, 2.75) is 44.6 Å². The van der Waals surface area contributed by atoms with Gasteiger partial charge in [-0.25, -0.2) is 5.90 Å². The van der Waals surface area contributed by atoms with Gasteiger partial charge in [0.15, 0.2) is 11.7 Å². The van der Waals surface area contributed by atoms with Crippen LogP contribution >= 0.6 is 12.6 Å². The van der Waals surface area contributed by atoms with E-state index in [-0.39, 0.29) is 37.0 Å². The van der Waals surface area contributed by atoms with Crippen molar-refractivity contribution in [1.82, 2.24) is 10.3 Å². The van der Waals surface area contributed by atoms with Crippen molar-refractivity contribution in [3.63, 3.8) is 0 Å². The molecular formula is C23H34N6O4S. The zero-order valence-electron chi connectivity index (χ0n) is 19.2. The van der Waals surface area contributed by atoms with Crippen LogP contribution in [-0.2, 0) is 25.6 Å². The fourth-order valence-corrected chi connectivity index (χ4v) is 4.00. The minimum Gasteiger partial charge on any atom is -0.370 e. The number of para-hydroxylation sites is 1. The molecule has 34 heavy (non-hydrogen) atoms. The molecule has 0 aliphatic heterocycles. The van der Waals surface area contributed by atoms with Crippen molar-refractivity contribution >= 4 is 47.0 Å². The molecule has 0 saturated heterocycles. The number of hydrogen-bond acceptors (Lipinski definition) is 7. The SMILES string of the molecule is NOCC(=O)NC(Cc1c[nH]c2ccccc12)C(=O)CC(CCCN=C(N)N)C(=O)CCCS. The second-order valence-corrected chi connectivity index (χ2v) is 8.55. The van der Waals surface area contributed by atoms with E-state index in [1.54, 1.807) is 0 Å². The normalized spacial score (nSPS) is 12.8. The minimum atomic E-state index is -0.834. The number of rotatable bonds is 16. The first-order chi connectivity index (χ1) is 16.3. The predicted octanol–water partition coefficient (Wildman–Crippen LogP) is 0.994. The molecule has 2 atom stereocenters. The lowest BCUT2D eigenvalue weighted by atomic mass is 9.87. The van der Waals surface area contributed by atoms with Gasteiger partial charge in [0.05, 0.1) is 6.04 Å². The number of guanidine groups is 1. The Bertz CT molecular complexity index is 989. The minimum absolute atomic E-state index is 0.00398. The Hall–Kier alpha value is -2.89. The van der Waals surface area contributed by atoms with Crippen LogP contribution in [-0.4, -0.2) is 53.4 Å². The highest BCUT2D eigenvalue weighted by atomic mass is 32.1. The fraction of sp³-hybridized carbons (Fsp3) is 0.478. The summed E-state index contributed by atoms with van der Waals surface area (Å²) in [6, 6.07) is 6.86. The average Bonchev–Trinajstić information content (AvgIpc) is 3.21. The van der Waals surface area contributed by atoms with E-state index in [4.69, 9.17) is 17.4 Å². The van der Waals surface area contributed by atoms with Gasteiger partial charge >= 0.3 is 0 Å². The van der Waals surface area contributed by atoms with E-state index in [1.807, 2.05) is 30.5 Å². The molecule has 0 saturated carbocycles. The molecule has 0 bridgehead atoms. The molecule has 11 heteroatoms. The number of aliphatic imine (C=N–C) groups is 1. The van der Waals surface area contributed by atoms with Crippen LogP contribution in [0.15, 0.2) is 35.5 Å². The van der Waals surface area contributed by atoms with Crippen molar-refractivity contribution in [1.29, 1.82) is 0 Å². The number of benzene rings is 1. The number of nitrogens with one attached hydrogen (secondary N) is 2. The standard InChI is InChI=1S/C23H34N6O4S/c24-23(25)27-9-3-5-15(20(30)8-4-10-34)12-21(31)19(29-22(32)14-33-26)11-16-13-28-18-7-2-1-6-17(16)18/h1-2,6-7,13,15,19,28,34H,3-5,8-12,14,26H2,(H,29,32)(H4,24,25,27). The van der Waals surface area contributed by atoms with Gasteiger partial charge in [0, 0.05) is 48.8 Å². The van der Waals surface area contributed by atoms with Crippen LogP contribution in [0.25, 0.3) is 10.9 Å². The topological polar surface area (TPSA) is 179 Å². The number of aromatic amines is 1. The number of nitrogens with zero attached hydrogens (tertiary/aromatic N) is 1. The summed E-state index contributed by atoms with van der Waals surface area (Å²) < 4.78 is 0. The summed E-state index contributed by atoms with van der Waals surface area (Å²) in [5.41, 5.74) is 12.5. The summed E-state index contributed by atoms with van der Waals surface area (Å²) in [7, 11) is 0. The zero-order valence-corrected chi connectivity index (χ0v) is 20.1. The average molecular weight is 491 g/mol. The number of Topliss-reactive ketones (excluding diaryl/α,β-unsaturated/α-hetero) is 2. The largest absolute Gasteiger partial charge is 0.370 e. The first-order valence-electron chi connectivity index (χ1n) is 11.2. The molecule has 2 unspecified atom stereocenters. The van der Waals surface area contributed by atoms with Crippen LogP contribution in [0.2, 0.25) is 0 Å². The Balaban J connectivity index is 2.18. The number of carbonyl (C=O) groups is 3. The van der Waals surface area contributed by atoms with Gasteiger partial charge in [-0.05, 0) is 36.6 Å². The molecule has 0 fully saturated rings. The molecule has 1 amide bonds. The van der Waals surface area contributed by atoms with Gasteiger partial charge in [-0.1, -0.05) is 18.2 Å². The molecule has 8 N–H and O–H groups in total. The van der Waals surface area contributed by atoms with E-state index in [2.05, 4.69) is 32.8 Å². The summed E-state index contributed by atoms with van der Waals surface area (Å²) in [6.07, 6.45) is 4.08. The lowest BCUT2D eigenvalue weighted by molar-refractivity contribution is -0.132. The van der Waals surface area contributed by atoms with Crippen LogP contribution < -0.4 is 22.7 Å². The van der Waals surface area contributed by atoms with E-state index in [0.717, 1.165) is 16.5 Å². The third-order valence-corrected chi connectivity index (χ3v) is 5.84. The summed E-state index contributed by atoms with van der Waals surface area (Å²) in [6.45, 7) is -0.00328. The summed E-state index contributed by atoms with van der Waals surface area (Å²) in [5, 5.41) is 3.67. The van der Waals surface area contributed by atoms with Crippen molar-refractivity contribution in [3.8, 4) is 0 Å².